The summed E-state index contributed by atoms with van der Waals surface area (Å²) in [7, 11) is 0. The molecule has 2 heterocycles. The van der Waals surface area contributed by atoms with Crippen molar-refractivity contribution in [1.29, 1.82) is 0 Å². The Morgan fingerprint density at radius 2 is 1.88 bits per heavy atom. The van der Waals surface area contributed by atoms with Gasteiger partial charge < -0.3 is 10.6 Å². The molecule has 0 aliphatic carbocycles. The number of anilines is 2. The van der Waals surface area contributed by atoms with Crippen molar-refractivity contribution in [2.45, 2.75) is 6.42 Å². The highest BCUT2D eigenvalue weighted by molar-refractivity contribution is 5.94. The van der Waals surface area contributed by atoms with E-state index in [1.807, 2.05) is 24.3 Å². The van der Waals surface area contributed by atoms with Crippen LogP contribution in [0, 0.1) is 0 Å². The van der Waals surface area contributed by atoms with E-state index in [1.54, 1.807) is 0 Å². The van der Waals surface area contributed by atoms with Crippen LogP contribution < -0.4 is 10.6 Å². The zero-order valence-corrected chi connectivity index (χ0v) is 9.38. The number of pyridine rings is 1. The summed E-state index contributed by atoms with van der Waals surface area (Å²) in [6, 6.07) is 9.93. The van der Waals surface area contributed by atoms with Crippen LogP contribution in [0.5, 0.6) is 0 Å². The van der Waals surface area contributed by atoms with Crippen LogP contribution in [-0.4, -0.2) is 4.98 Å². The van der Waals surface area contributed by atoms with Gasteiger partial charge in [-0.25, -0.2) is 4.98 Å². The molecule has 2 aromatic rings. The van der Waals surface area contributed by atoms with E-state index in [-0.39, 0.29) is 0 Å². The predicted octanol–water partition coefficient (Wildman–Crippen LogP) is 3.05. The van der Waals surface area contributed by atoms with E-state index in [1.165, 1.54) is 0 Å². The number of allylic oxidation sites excluding steroid dienone is 2. The first kappa shape index (κ1) is 9.90. The summed E-state index contributed by atoms with van der Waals surface area (Å²) in [6.07, 6.45) is 9.33. The Hall–Kier alpha value is -2.29. The highest BCUT2D eigenvalue weighted by Gasteiger charge is 2.08. The zero-order chi connectivity index (χ0) is 11.7. The average molecular weight is 223 g/mol. The molecule has 84 valence electrons. The number of aromatic nitrogens is 1. The van der Waals surface area contributed by atoms with Gasteiger partial charge in [-0.1, -0.05) is 30.4 Å². The van der Waals surface area contributed by atoms with Crippen molar-refractivity contribution in [3.8, 4) is 0 Å². The highest BCUT2D eigenvalue weighted by Crippen LogP contribution is 2.29. The van der Waals surface area contributed by atoms with Crippen LogP contribution in [0.25, 0.3) is 10.9 Å². The van der Waals surface area contributed by atoms with Crippen molar-refractivity contribution in [3.63, 3.8) is 0 Å². The van der Waals surface area contributed by atoms with Crippen LogP contribution in [0.4, 0.5) is 11.5 Å². The summed E-state index contributed by atoms with van der Waals surface area (Å²) in [5, 5.41) is 1.11. The van der Waals surface area contributed by atoms with Crippen LogP contribution in [0.15, 0.2) is 54.9 Å². The molecule has 1 aromatic heterocycles. The fourth-order valence-corrected chi connectivity index (χ4v) is 2.03. The van der Waals surface area contributed by atoms with Crippen LogP contribution in [0.3, 0.4) is 0 Å². The third-order valence-corrected chi connectivity index (χ3v) is 2.80. The Labute approximate surface area is 99.9 Å². The lowest BCUT2D eigenvalue weighted by Crippen LogP contribution is -2.10. The first-order chi connectivity index (χ1) is 8.34. The topological polar surface area (TPSA) is 42.1 Å². The Kier molecular flexibility index (Phi) is 2.29. The third-order valence-electron chi connectivity index (χ3n) is 2.80. The smallest absolute Gasteiger partial charge is 0.126 e. The molecule has 3 rings (SSSR count). The first-order valence-electron chi connectivity index (χ1n) is 5.61. The largest absolute Gasteiger partial charge is 0.384 e. The molecule has 0 unspecified atom stereocenters. The van der Waals surface area contributed by atoms with Gasteiger partial charge in [0, 0.05) is 23.9 Å². The number of para-hydroxylation sites is 1. The summed E-state index contributed by atoms with van der Waals surface area (Å²) in [4.78, 5) is 6.41. The van der Waals surface area contributed by atoms with E-state index < -0.39 is 0 Å². The molecule has 2 N–H and O–H groups in total. The van der Waals surface area contributed by atoms with Gasteiger partial charge in [-0.2, -0.15) is 0 Å². The molecule has 0 saturated carbocycles. The minimum absolute atomic E-state index is 0.547. The van der Waals surface area contributed by atoms with Crippen LogP contribution in [0.2, 0.25) is 0 Å². The van der Waals surface area contributed by atoms with E-state index in [0.29, 0.717) is 5.82 Å². The molecule has 0 bridgehead atoms. The number of benzene rings is 1. The van der Waals surface area contributed by atoms with Gasteiger partial charge in [0.2, 0.25) is 0 Å². The van der Waals surface area contributed by atoms with Crippen molar-refractivity contribution < 1.29 is 0 Å². The lowest BCUT2D eigenvalue weighted by molar-refractivity contribution is 1.19. The molecule has 0 fully saturated rings. The predicted molar refractivity (Wildman–Crippen MR) is 71.5 cm³/mol. The molecule has 0 radical (unpaired) electrons. The average Bonchev–Trinajstić information content (AvgIpc) is 2.39. The maximum Gasteiger partial charge on any atom is 0.126 e. The lowest BCUT2D eigenvalue weighted by atomic mass is 10.1. The molecule has 0 atom stereocenters. The van der Waals surface area contributed by atoms with Crippen molar-refractivity contribution in [2.24, 2.45) is 0 Å². The highest BCUT2D eigenvalue weighted by atomic mass is 15.1. The van der Waals surface area contributed by atoms with Crippen LogP contribution in [-0.2, 0) is 0 Å². The normalized spacial score (nSPS) is 14.5. The molecule has 0 saturated heterocycles. The molecule has 3 nitrogen and oxygen atoms in total. The first-order valence-corrected chi connectivity index (χ1v) is 5.61. The number of hydrogen-bond acceptors (Lipinski definition) is 3. The standard InChI is InChI=1S/C14H13N3/c15-14-10-13(17-8-4-1-5-9-17)11-6-2-3-7-12(11)16-14/h2-10H,1H2,(H2,15,16). The maximum atomic E-state index is 5.85. The third kappa shape index (κ3) is 1.76. The minimum Gasteiger partial charge on any atom is -0.384 e. The Bertz CT molecular complexity index is 602. The van der Waals surface area contributed by atoms with Gasteiger partial charge in [0.1, 0.15) is 5.82 Å². The summed E-state index contributed by atoms with van der Waals surface area (Å²) >= 11 is 0. The van der Waals surface area contributed by atoms with E-state index in [0.717, 1.165) is 23.0 Å². The van der Waals surface area contributed by atoms with Crippen molar-refractivity contribution in [3.05, 3.63) is 54.9 Å². The molecular formula is C14H13N3. The molecule has 1 aliphatic rings. The maximum absolute atomic E-state index is 5.85. The van der Waals surface area contributed by atoms with Gasteiger partial charge in [-0.05, 0) is 12.5 Å². The van der Waals surface area contributed by atoms with Gasteiger partial charge in [0.15, 0.2) is 0 Å². The molecule has 1 aromatic carbocycles. The zero-order valence-electron chi connectivity index (χ0n) is 9.38. The van der Waals surface area contributed by atoms with Gasteiger partial charge in [-0.3, -0.25) is 0 Å². The van der Waals surface area contributed by atoms with Gasteiger partial charge >= 0.3 is 0 Å². The Morgan fingerprint density at radius 3 is 2.71 bits per heavy atom. The number of rotatable bonds is 1. The summed E-state index contributed by atoms with van der Waals surface area (Å²) in [6.45, 7) is 0. The number of nitrogens with zero attached hydrogens (tertiary/aromatic N) is 2. The summed E-state index contributed by atoms with van der Waals surface area (Å²) in [5.74, 6) is 0.547. The number of hydrogen-bond donors (Lipinski definition) is 1. The molecule has 17 heavy (non-hydrogen) atoms. The lowest BCUT2D eigenvalue weighted by Gasteiger charge is -2.20. The molecule has 1 aliphatic heterocycles. The molecule has 0 spiro atoms. The van der Waals surface area contributed by atoms with Crippen molar-refractivity contribution in [2.75, 3.05) is 10.6 Å². The van der Waals surface area contributed by atoms with E-state index >= 15 is 0 Å². The van der Waals surface area contributed by atoms with Crippen molar-refractivity contribution in [1.82, 2.24) is 4.98 Å². The van der Waals surface area contributed by atoms with E-state index in [9.17, 15) is 0 Å². The second kappa shape index (κ2) is 3.94. The number of nitrogen functional groups attached to an aromatic ring is 1. The molecule has 3 heteroatoms. The van der Waals surface area contributed by atoms with Crippen LogP contribution in [0.1, 0.15) is 6.42 Å². The van der Waals surface area contributed by atoms with Crippen LogP contribution >= 0.6 is 0 Å². The second-order valence-corrected chi connectivity index (χ2v) is 4.00. The van der Waals surface area contributed by atoms with Crippen molar-refractivity contribution >= 4 is 22.4 Å². The number of nitrogens with two attached hydrogens (primary N) is 1. The van der Waals surface area contributed by atoms with Gasteiger partial charge in [0.05, 0.1) is 11.2 Å². The molecule has 0 amide bonds. The second-order valence-electron chi connectivity index (χ2n) is 4.00. The fourth-order valence-electron chi connectivity index (χ4n) is 2.03. The van der Waals surface area contributed by atoms with E-state index in [4.69, 9.17) is 5.73 Å². The summed E-state index contributed by atoms with van der Waals surface area (Å²) < 4.78 is 0. The Balaban J connectivity index is 2.23. The van der Waals surface area contributed by atoms with Gasteiger partial charge in [0.25, 0.3) is 0 Å². The quantitative estimate of drug-likeness (QED) is 0.807. The van der Waals surface area contributed by atoms with Gasteiger partial charge in [-0.15, -0.1) is 0 Å². The summed E-state index contributed by atoms with van der Waals surface area (Å²) in [5.41, 5.74) is 7.84. The van der Waals surface area contributed by atoms with E-state index in [2.05, 4.69) is 40.5 Å². The molecular weight excluding hydrogens is 210 g/mol. The Morgan fingerprint density at radius 1 is 1.12 bits per heavy atom. The monoisotopic (exact) mass is 223 g/mol. The fraction of sp³-hybridized carbons (Fsp3) is 0.0714. The SMILES string of the molecule is Nc1cc(N2C=CCC=C2)c2ccccc2n1. The number of fused-ring (bicyclic) bond motifs is 1. The minimum atomic E-state index is 0.547.